The Balaban J connectivity index is 1.46. The van der Waals surface area contributed by atoms with Crippen molar-refractivity contribution in [2.75, 3.05) is 5.75 Å². The Hall–Kier alpha value is -2.40. The second-order valence-corrected chi connectivity index (χ2v) is 7.56. The highest BCUT2D eigenvalue weighted by molar-refractivity contribution is 8.00. The van der Waals surface area contributed by atoms with Crippen molar-refractivity contribution in [1.29, 1.82) is 0 Å². The maximum Gasteiger partial charge on any atom is 0.230 e. The second kappa shape index (κ2) is 7.46. The van der Waals surface area contributed by atoms with Gasteiger partial charge in [0.2, 0.25) is 5.91 Å². The zero-order valence-corrected chi connectivity index (χ0v) is 15.6. The number of fused-ring (bicyclic) bond motifs is 2. The van der Waals surface area contributed by atoms with Crippen molar-refractivity contribution in [3.8, 4) is 0 Å². The summed E-state index contributed by atoms with van der Waals surface area (Å²) in [4.78, 5) is 21.5. The standard InChI is InChI=1S/C21H21N3OS/c1-14-22-19-11-5-4-10-17(19)21(23-14)26-13-20(25)24-18-12-6-8-15-7-2-3-9-16(15)18/h2-5,7,9-11,18H,6,8,12-13H2,1H3,(H,24,25)/t18-/m0/s1. The fraction of sp³-hybridized carbons (Fsp3) is 0.286. The summed E-state index contributed by atoms with van der Waals surface area (Å²) < 4.78 is 0. The lowest BCUT2D eigenvalue weighted by Crippen LogP contribution is -2.32. The van der Waals surface area contributed by atoms with Crippen molar-refractivity contribution >= 4 is 28.6 Å². The van der Waals surface area contributed by atoms with Crippen LogP contribution in [0.15, 0.2) is 53.6 Å². The first-order valence-corrected chi connectivity index (χ1v) is 9.92. The lowest BCUT2D eigenvalue weighted by molar-refractivity contribution is -0.119. The molecule has 4 nitrogen and oxygen atoms in total. The molecule has 0 fully saturated rings. The highest BCUT2D eigenvalue weighted by atomic mass is 32.2. The molecule has 4 rings (SSSR count). The van der Waals surface area contributed by atoms with Gasteiger partial charge in [-0.15, -0.1) is 0 Å². The summed E-state index contributed by atoms with van der Waals surface area (Å²) in [6, 6.07) is 16.5. The van der Waals surface area contributed by atoms with Crippen molar-refractivity contribution < 1.29 is 4.79 Å². The maximum absolute atomic E-state index is 12.5. The van der Waals surface area contributed by atoms with Crippen LogP contribution < -0.4 is 5.32 Å². The Morgan fingerprint density at radius 3 is 2.88 bits per heavy atom. The van der Waals surface area contributed by atoms with Gasteiger partial charge in [0.25, 0.3) is 0 Å². The summed E-state index contributed by atoms with van der Waals surface area (Å²) in [5, 5.41) is 5.07. The third-order valence-corrected chi connectivity index (χ3v) is 5.72. The van der Waals surface area contributed by atoms with Crippen LogP contribution in [-0.2, 0) is 11.2 Å². The molecule has 0 saturated heterocycles. The van der Waals surface area contributed by atoms with Crippen molar-refractivity contribution in [3.05, 3.63) is 65.5 Å². The molecule has 1 N–H and O–H groups in total. The number of rotatable bonds is 4. The number of hydrogen-bond donors (Lipinski definition) is 1. The van der Waals surface area contributed by atoms with Gasteiger partial charge in [-0.2, -0.15) is 0 Å². The first-order valence-electron chi connectivity index (χ1n) is 8.94. The minimum absolute atomic E-state index is 0.0528. The predicted molar refractivity (Wildman–Crippen MR) is 105 cm³/mol. The number of carbonyl (C=O) groups is 1. The molecule has 3 aromatic rings. The number of thioether (sulfide) groups is 1. The molecule has 1 aromatic heterocycles. The first kappa shape index (κ1) is 17.0. The van der Waals surface area contributed by atoms with Crippen LogP contribution in [0.25, 0.3) is 10.9 Å². The van der Waals surface area contributed by atoms with Crippen LogP contribution in [0.2, 0.25) is 0 Å². The number of nitrogens with zero attached hydrogens (tertiary/aromatic N) is 2. The van der Waals surface area contributed by atoms with Gasteiger partial charge in [0, 0.05) is 5.39 Å². The number of para-hydroxylation sites is 1. The molecule has 1 atom stereocenters. The molecule has 5 heteroatoms. The van der Waals surface area contributed by atoms with Crippen molar-refractivity contribution in [3.63, 3.8) is 0 Å². The Labute approximate surface area is 157 Å². The summed E-state index contributed by atoms with van der Waals surface area (Å²) in [6.45, 7) is 1.88. The maximum atomic E-state index is 12.5. The van der Waals surface area contributed by atoms with Gasteiger partial charge in [0.1, 0.15) is 10.9 Å². The number of aromatic nitrogens is 2. The minimum Gasteiger partial charge on any atom is -0.349 e. The molecule has 1 amide bonds. The minimum atomic E-state index is 0.0528. The van der Waals surface area contributed by atoms with E-state index >= 15 is 0 Å². The molecule has 1 heterocycles. The lowest BCUT2D eigenvalue weighted by atomic mass is 9.88. The Kier molecular flexibility index (Phi) is 4.89. The van der Waals surface area contributed by atoms with Gasteiger partial charge in [0.15, 0.2) is 0 Å². The van der Waals surface area contributed by atoms with E-state index < -0.39 is 0 Å². The zero-order chi connectivity index (χ0) is 17.9. The van der Waals surface area contributed by atoms with Crippen LogP contribution in [0.4, 0.5) is 0 Å². The zero-order valence-electron chi connectivity index (χ0n) is 14.7. The van der Waals surface area contributed by atoms with E-state index in [0.29, 0.717) is 5.75 Å². The molecule has 132 valence electrons. The molecule has 1 aliphatic rings. The molecular weight excluding hydrogens is 342 g/mol. The van der Waals surface area contributed by atoms with E-state index in [1.165, 1.54) is 22.9 Å². The topological polar surface area (TPSA) is 54.9 Å². The molecule has 2 aromatic carbocycles. The fourth-order valence-corrected chi connectivity index (χ4v) is 4.42. The number of nitrogens with one attached hydrogen (secondary N) is 1. The van der Waals surface area contributed by atoms with Crippen LogP contribution >= 0.6 is 11.8 Å². The molecule has 0 spiro atoms. The lowest BCUT2D eigenvalue weighted by Gasteiger charge is -2.26. The highest BCUT2D eigenvalue weighted by Gasteiger charge is 2.21. The van der Waals surface area contributed by atoms with Crippen LogP contribution in [0.3, 0.4) is 0 Å². The number of hydrogen-bond acceptors (Lipinski definition) is 4. The second-order valence-electron chi connectivity index (χ2n) is 6.59. The summed E-state index contributed by atoms with van der Waals surface area (Å²) in [5.74, 6) is 1.14. The quantitative estimate of drug-likeness (QED) is 0.557. The largest absolute Gasteiger partial charge is 0.349 e. The summed E-state index contributed by atoms with van der Waals surface area (Å²) in [6.07, 6.45) is 3.22. The molecule has 26 heavy (non-hydrogen) atoms. The van der Waals surface area contributed by atoms with Gasteiger partial charge < -0.3 is 5.32 Å². The smallest absolute Gasteiger partial charge is 0.230 e. The normalized spacial score (nSPS) is 16.3. The third kappa shape index (κ3) is 3.58. The molecule has 0 bridgehead atoms. The van der Waals surface area contributed by atoms with E-state index in [-0.39, 0.29) is 11.9 Å². The van der Waals surface area contributed by atoms with E-state index in [0.717, 1.165) is 41.0 Å². The number of amides is 1. The van der Waals surface area contributed by atoms with Gasteiger partial charge in [-0.3, -0.25) is 4.79 Å². The molecule has 0 aliphatic heterocycles. The van der Waals surface area contributed by atoms with Crippen LogP contribution in [-0.4, -0.2) is 21.6 Å². The molecule has 0 unspecified atom stereocenters. The van der Waals surface area contributed by atoms with Gasteiger partial charge in [-0.25, -0.2) is 9.97 Å². The average molecular weight is 363 g/mol. The SMILES string of the molecule is Cc1nc(SCC(=O)N[C@H]2CCCc3ccccc32)c2ccccc2n1. The van der Waals surface area contributed by atoms with Gasteiger partial charge in [0.05, 0.1) is 17.3 Å². The predicted octanol–water partition coefficient (Wildman–Crippen LogP) is 4.22. The van der Waals surface area contributed by atoms with Crippen molar-refractivity contribution in [2.45, 2.75) is 37.3 Å². The monoisotopic (exact) mass is 363 g/mol. The van der Waals surface area contributed by atoms with E-state index in [4.69, 9.17) is 0 Å². The summed E-state index contributed by atoms with van der Waals surface area (Å²) in [7, 11) is 0. The van der Waals surface area contributed by atoms with Gasteiger partial charge >= 0.3 is 0 Å². The number of benzene rings is 2. The van der Waals surface area contributed by atoms with Gasteiger partial charge in [-0.1, -0.05) is 54.2 Å². The molecular formula is C21H21N3OS. The Morgan fingerprint density at radius 1 is 1.15 bits per heavy atom. The first-order chi connectivity index (χ1) is 12.7. The fourth-order valence-electron chi connectivity index (χ4n) is 3.54. The Bertz CT molecular complexity index is 957. The van der Waals surface area contributed by atoms with E-state index in [1.807, 2.05) is 37.3 Å². The Morgan fingerprint density at radius 2 is 1.96 bits per heavy atom. The highest BCUT2D eigenvalue weighted by Crippen LogP contribution is 2.30. The van der Waals surface area contributed by atoms with E-state index in [1.54, 1.807) is 0 Å². The van der Waals surface area contributed by atoms with Crippen LogP contribution in [0, 0.1) is 6.92 Å². The molecule has 1 aliphatic carbocycles. The van der Waals surface area contributed by atoms with Crippen molar-refractivity contribution in [1.82, 2.24) is 15.3 Å². The van der Waals surface area contributed by atoms with Crippen LogP contribution in [0.5, 0.6) is 0 Å². The van der Waals surface area contributed by atoms with Crippen molar-refractivity contribution in [2.24, 2.45) is 0 Å². The van der Waals surface area contributed by atoms with E-state index in [9.17, 15) is 4.79 Å². The third-order valence-electron chi connectivity index (χ3n) is 4.72. The summed E-state index contributed by atoms with van der Waals surface area (Å²) in [5.41, 5.74) is 3.54. The van der Waals surface area contributed by atoms with E-state index in [2.05, 4.69) is 33.5 Å². The average Bonchev–Trinajstić information content (AvgIpc) is 2.66. The molecule has 0 saturated carbocycles. The van der Waals surface area contributed by atoms with Crippen LogP contribution in [0.1, 0.15) is 35.8 Å². The summed E-state index contributed by atoms with van der Waals surface area (Å²) >= 11 is 1.48. The number of carbonyl (C=O) groups excluding carboxylic acids is 1. The van der Waals surface area contributed by atoms with Gasteiger partial charge in [-0.05, 0) is 43.4 Å². The molecule has 0 radical (unpaired) electrons. The number of aryl methyl sites for hydroxylation is 2.